The molecule has 0 heterocycles. The first-order chi connectivity index (χ1) is 4.81. The molecule has 0 saturated heterocycles. The molecule has 0 amide bonds. The third-order valence-corrected chi connectivity index (χ3v) is 3.23. The van der Waals surface area contributed by atoms with Crippen molar-refractivity contribution in [1.82, 2.24) is 0 Å². The van der Waals surface area contributed by atoms with Crippen LogP contribution in [0.4, 0.5) is 0 Å². The molecule has 0 nitrogen and oxygen atoms in total. The Labute approximate surface area is 74.0 Å². The molecule has 0 aliphatic carbocycles. The first-order valence-corrected chi connectivity index (χ1v) is 7.31. The minimum absolute atomic E-state index is 0.00538. The van der Waals surface area contributed by atoms with E-state index in [0.717, 1.165) is 5.92 Å². The van der Waals surface area contributed by atoms with E-state index in [0.29, 0.717) is 5.41 Å². The molecule has 1 atom stereocenters. The summed E-state index contributed by atoms with van der Waals surface area (Å²) in [4.78, 5) is 0. The van der Waals surface area contributed by atoms with Crippen LogP contribution in [0.15, 0.2) is 0 Å². The molecule has 67 valence electrons. The van der Waals surface area contributed by atoms with Crippen molar-refractivity contribution in [3.05, 3.63) is 0 Å². The maximum absolute atomic E-state index is 2.41. The molecular weight excluding hydrogens is 148 g/mol. The van der Waals surface area contributed by atoms with Crippen LogP contribution in [0.25, 0.3) is 0 Å². The third kappa shape index (κ3) is 8.12. The van der Waals surface area contributed by atoms with Gasteiger partial charge in [0.1, 0.15) is 0 Å². The highest BCUT2D eigenvalue weighted by atomic mass is 28.3. The molecule has 0 saturated carbocycles. The maximum atomic E-state index is 2.41. The summed E-state index contributed by atoms with van der Waals surface area (Å²) in [5.74, 6) is 0.930. The zero-order valence-corrected chi connectivity index (χ0v) is 9.99. The van der Waals surface area contributed by atoms with Crippen LogP contribution in [0.3, 0.4) is 0 Å². The molecule has 0 spiro atoms. The van der Waals surface area contributed by atoms with E-state index < -0.39 is 0 Å². The van der Waals surface area contributed by atoms with Crippen LogP contribution in [0.2, 0.25) is 19.1 Å². The quantitative estimate of drug-likeness (QED) is 0.566. The van der Waals surface area contributed by atoms with E-state index in [2.05, 4.69) is 40.8 Å². The van der Waals surface area contributed by atoms with Crippen molar-refractivity contribution in [2.45, 2.75) is 53.3 Å². The van der Waals surface area contributed by atoms with Gasteiger partial charge in [0.15, 0.2) is 0 Å². The monoisotopic (exact) mass is 171 g/mol. The van der Waals surface area contributed by atoms with Gasteiger partial charge in [0, 0.05) is 8.80 Å². The first kappa shape index (κ1) is 11.2. The van der Waals surface area contributed by atoms with Gasteiger partial charge in [-0.2, -0.15) is 0 Å². The van der Waals surface area contributed by atoms with Crippen LogP contribution < -0.4 is 0 Å². The molecule has 0 aromatic carbocycles. The molecule has 1 radical (unpaired) electrons. The molecule has 0 fully saturated rings. The van der Waals surface area contributed by atoms with E-state index in [1.54, 1.807) is 0 Å². The molecule has 0 aromatic heterocycles. The molecular formula is C10H23Si. The number of hydrogen-bond acceptors (Lipinski definition) is 0. The fraction of sp³-hybridized carbons (Fsp3) is 1.00. The molecule has 0 rings (SSSR count). The normalized spacial score (nSPS) is 15.5. The minimum atomic E-state index is -0.00538. The predicted octanol–water partition coefficient (Wildman–Crippen LogP) is 3.81. The summed E-state index contributed by atoms with van der Waals surface area (Å²) in [5.41, 5.74) is 0.525. The summed E-state index contributed by atoms with van der Waals surface area (Å²) in [6.07, 6.45) is 1.38. The van der Waals surface area contributed by atoms with Gasteiger partial charge in [-0.05, 0) is 17.8 Å². The van der Waals surface area contributed by atoms with Gasteiger partial charge >= 0.3 is 0 Å². The smallest absolute Gasteiger partial charge is 0.0415 e. The molecule has 0 N–H and O–H groups in total. The van der Waals surface area contributed by atoms with Crippen molar-refractivity contribution in [3.63, 3.8) is 0 Å². The maximum Gasteiger partial charge on any atom is 0.0415 e. The van der Waals surface area contributed by atoms with Crippen LogP contribution in [0.1, 0.15) is 34.1 Å². The predicted molar refractivity (Wildman–Crippen MR) is 55.5 cm³/mol. The van der Waals surface area contributed by atoms with E-state index in [4.69, 9.17) is 0 Å². The van der Waals surface area contributed by atoms with Crippen molar-refractivity contribution in [3.8, 4) is 0 Å². The average molecular weight is 171 g/mol. The van der Waals surface area contributed by atoms with Crippen LogP contribution in [0.5, 0.6) is 0 Å². The zero-order chi connectivity index (χ0) is 9.07. The van der Waals surface area contributed by atoms with Crippen molar-refractivity contribution in [2.75, 3.05) is 0 Å². The lowest BCUT2D eigenvalue weighted by molar-refractivity contribution is 0.319. The largest absolute Gasteiger partial charge is 0.0713 e. The molecule has 0 bridgehead atoms. The molecule has 0 aliphatic rings. The van der Waals surface area contributed by atoms with E-state index >= 15 is 0 Å². The zero-order valence-electron chi connectivity index (χ0n) is 8.99. The molecule has 11 heavy (non-hydrogen) atoms. The summed E-state index contributed by atoms with van der Waals surface area (Å²) in [7, 11) is -0.00538. The molecule has 1 unspecified atom stereocenters. The van der Waals surface area contributed by atoms with E-state index in [9.17, 15) is 0 Å². The lowest BCUT2D eigenvalue weighted by Gasteiger charge is -2.23. The summed E-state index contributed by atoms with van der Waals surface area (Å²) in [6.45, 7) is 14.2. The Morgan fingerprint density at radius 3 is 1.91 bits per heavy atom. The lowest BCUT2D eigenvalue weighted by Crippen LogP contribution is -2.14. The van der Waals surface area contributed by atoms with Gasteiger partial charge in [0.25, 0.3) is 0 Å². The van der Waals surface area contributed by atoms with E-state index in [-0.39, 0.29) is 8.80 Å². The second kappa shape index (κ2) is 4.29. The SMILES string of the molecule is CC(C[Si](C)C)CC(C)(C)C. The van der Waals surface area contributed by atoms with Gasteiger partial charge in [-0.1, -0.05) is 46.8 Å². The van der Waals surface area contributed by atoms with Gasteiger partial charge < -0.3 is 0 Å². The fourth-order valence-corrected chi connectivity index (χ4v) is 3.35. The van der Waals surface area contributed by atoms with Crippen LogP contribution >= 0.6 is 0 Å². The van der Waals surface area contributed by atoms with Crippen molar-refractivity contribution in [2.24, 2.45) is 11.3 Å². The average Bonchev–Trinajstić information content (AvgIpc) is 1.53. The van der Waals surface area contributed by atoms with Crippen molar-refractivity contribution in [1.29, 1.82) is 0 Å². The highest BCUT2D eigenvalue weighted by Gasteiger charge is 2.15. The minimum Gasteiger partial charge on any atom is -0.0713 e. The Hall–Kier alpha value is 0.217. The Morgan fingerprint density at radius 2 is 1.64 bits per heavy atom. The lowest BCUT2D eigenvalue weighted by atomic mass is 9.86. The van der Waals surface area contributed by atoms with Crippen LogP contribution in [-0.2, 0) is 0 Å². The van der Waals surface area contributed by atoms with Gasteiger partial charge in [-0.3, -0.25) is 0 Å². The fourth-order valence-electron chi connectivity index (χ4n) is 1.81. The topological polar surface area (TPSA) is 0 Å². The summed E-state index contributed by atoms with van der Waals surface area (Å²) >= 11 is 0. The summed E-state index contributed by atoms with van der Waals surface area (Å²) < 4.78 is 0. The number of hydrogen-bond donors (Lipinski definition) is 0. The van der Waals surface area contributed by atoms with Gasteiger partial charge in [0.2, 0.25) is 0 Å². The van der Waals surface area contributed by atoms with Crippen molar-refractivity contribution < 1.29 is 0 Å². The second-order valence-corrected chi connectivity index (χ2v) is 8.10. The van der Waals surface area contributed by atoms with E-state index in [1.807, 2.05) is 0 Å². The van der Waals surface area contributed by atoms with Gasteiger partial charge in [0.05, 0.1) is 0 Å². The van der Waals surface area contributed by atoms with Gasteiger partial charge in [-0.15, -0.1) is 0 Å². The van der Waals surface area contributed by atoms with Crippen molar-refractivity contribution >= 4 is 8.80 Å². The Morgan fingerprint density at radius 1 is 1.18 bits per heavy atom. The highest BCUT2D eigenvalue weighted by molar-refractivity contribution is 6.55. The molecule has 1 heteroatoms. The Bertz CT molecular complexity index is 99.9. The van der Waals surface area contributed by atoms with Gasteiger partial charge in [-0.25, -0.2) is 0 Å². The van der Waals surface area contributed by atoms with E-state index in [1.165, 1.54) is 12.5 Å². The standard InChI is InChI=1S/C10H23Si/c1-9(8-11(5)6)7-10(2,3)4/h9H,7-8H2,1-6H3. The summed E-state index contributed by atoms with van der Waals surface area (Å²) in [6, 6.07) is 1.47. The van der Waals surface area contributed by atoms with Crippen LogP contribution in [-0.4, -0.2) is 8.80 Å². The Balaban J connectivity index is 3.61. The molecule has 0 aliphatic heterocycles. The van der Waals surface area contributed by atoms with Crippen LogP contribution in [0, 0.1) is 11.3 Å². The Kier molecular flexibility index (Phi) is 4.38. The summed E-state index contributed by atoms with van der Waals surface area (Å²) in [5, 5.41) is 0. The second-order valence-electron chi connectivity index (χ2n) is 5.28. The third-order valence-electron chi connectivity index (χ3n) is 1.72. The molecule has 0 aromatic rings. The highest BCUT2D eigenvalue weighted by Crippen LogP contribution is 2.26. The number of rotatable bonds is 3. The first-order valence-electron chi connectivity index (χ1n) is 4.60.